The van der Waals surface area contributed by atoms with E-state index < -0.39 is 0 Å². The van der Waals surface area contributed by atoms with Gasteiger partial charge in [-0.1, -0.05) is 12.1 Å². The first-order valence-corrected chi connectivity index (χ1v) is 8.44. The summed E-state index contributed by atoms with van der Waals surface area (Å²) in [7, 11) is 3.26. The Morgan fingerprint density at radius 1 is 1.05 bits per heavy atom. The zero-order valence-electron chi connectivity index (χ0n) is 12.2. The van der Waals surface area contributed by atoms with Crippen LogP contribution < -0.4 is 15.2 Å². The lowest BCUT2D eigenvalue weighted by Gasteiger charge is -2.19. The molecule has 1 unspecified atom stereocenters. The molecule has 0 aliphatic carbocycles. The van der Waals surface area contributed by atoms with E-state index in [-0.39, 0.29) is 6.04 Å². The maximum Gasteiger partial charge on any atom is 0.141 e. The van der Waals surface area contributed by atoms with Gasteiger partial charge in [0.2, 0.25) is 0 Å². The average Bonchev–Trinajstić information content (AvgIpc) is 2.54. The lowest BCUT2D eigenvalue weighted by molar-refractivity contribution is 0.385. The Morgan fingerprint density at radius 3 is 2.24 bits per heavy atom. The molecule has 0 amide bonds. The highest BCUT2D eigenvalue weighted by molar-refractivity contribution is 9.10. The number of methoxy groups -OCH3 is 2. The molecule has 0 heterocycles. The van der Waals surface area contributed by atoms with Gasteiger partial charge in [0.25, 0.3) is 0 Å². The quantitative estimate of drug-likeness (QED) is 0.802. The van der Waals surface area contributed by atoms with E-state index >= 15 is 0 Å². The van der Waals surface area contributed by atoms with Crippen LogP contribution in [0.15, 0.2) is 45.8 Å². The van der Waals surface area contributed by atoms with Crippen molar-refractivity contribution in [3.05, 3.63) is 52.0 Å². The third kappa shape index (κ3) is 3.36. The predicted molar refractivity (Wildman–Crippen MR) is 91.5 cm³/mol. The summed E-state index contributed by atoms with van der Waals surface area (Å²) in [5, 5.41) is 0. The molecule has 0 bridgehead atoms. The van der Waals surface area contributed by atoms with E-state index in [1.807, 2.05) is 24.3 Å². The normalized spacial score (nSPS) is 12.0. The van der Waals surface area contributed by atoms with Gasteiger partial charge < -0.3 is 15.2 Å². The summed E-state index contributed by atoms with van der Waals surface area (Å²) in [4.78, 5) is 1.22. The molecule has 21 heavy (non-hydrogen) atoms. The summed E-state index contributed by atoms with van der Waals surface area (Å²) < 4.78 is 11.6. The number of hydrogen-bond acceptors (Lipinski definition) is 4. The van der Waals surface area contributed by atoms with Gasteiger partial charge in [-0.25, -0.2) is 0 Å². The number of hydrogen-bond donors (Lipinski definition) is 1. The average molecular weight is 368 g/mol. The molecule has 0 saturated carbocycles. The number of thioether (sulfide) groups is 1. The van der Waals surface area contributed by atoms with Gasteiger partial charge in [0.1, 0.15) is 16.0 Å². The van der Waals surface area contributed by atoms with Crippen molar-refractivity contribution in [1.82, 2.24) is 0 Å². The fourth-order valence-corrected chi connectivity index (χ4v) is 3.25. The Labute approximate surface area is 138 Å². The van der Waals surface area contributed by atoms with Crippen molar-refractivity contribution in [3.63, 3.8) is 0 Å². The van der Waals surface area contributed by atoms with Crippen LogP contribution in [-0.4, -0.2) is 20.5 Å². The van der Waals surface area contributed by atoms with Gasteiger partial charge in [-0.05, 0) is 52.0 Å². The molecule has 0 aliphatic heterocycles. The second kappa shape index (κ2) is 7.20. The van der Waals surface area contributed by atoms with Crippen LogP contribution in [0.3, 0.4) is 0 Å². The van der Waals surface area contributed by atoms with Crippen LogP contribution in [0, 0.1) is 0 Å². The molecule has 0 spiro atoms. The molecule has 5 heteroatoms. The van der Waals surface area contributed by atoms with Crippen molar-refractivity contribution in [2.24, 2.45) is 5.73 Å². The molecular weight excluding hydrogens is 350 g/mol. The third-order valence-electron chi connectivity index (χ3n) is 3.33. The first-order valence-electron chi connectivity index (χ1n) is 6.42. The van der Waals surface area contributed by atoms with Crippen LogP contribution in [0.1, 0.15) is 17.2 Å². The van der Waals surface area contributed by atoms with Crippen LogP contribution in [0.25, 0.3) is 0 Å². The standard InChI is InChI=1S/C16H18BrNO2S/c1-19-13-9-8-12(16(20-2)14(13)17)15(18)10-4-6-11(21-3)7-5-10/h4-9,15H,18H2,1-3H3. The lowest BCUT2D eigenvalue weighted by Crippen LogP contribution is -2.13. The van der Waals surface area contributed by atoms with Gasteiger partial charge in [-0.3, -0.25) is 0 Å². The van der Waals surface area contributed by atoms with Crippen molar-refractivity contribution >= 4 is 27.7 Å². The minimum absolute atomic E-state index is 0.252. The summed E-state index contributed by atoms with van der Waals surface area (Å²) in [6.45, 7) is 0. The zero-order valence-corrected chi connectivity index (χ0v) is 14.6. The largest absolute Gasteiger partial charge is 0.495 e. The fraction of sp³-hybridized carbons (Fsp3) is 0.250. The van der Waals surface area contributed by atoms with Crippen LogP contribution in [0.2, 0.25) is 0 Å². The number of benzene rings is 2. The lowest BCUT2D eigenvalue weighted by atomic mass is 9.98. The second-order valence-electron chi connectivity index (χ2n) is 4.46. The van der Waals surface area contributed by atoms with E-state index in [4.69, 9.17) is 15.2 Å². The highest BCUT2D eigenvalue weighted by atomic mass is 79.9. The summed E-state index contributed by atoms with van der Waals surface area (Å²) in [6.07, 6.45) is 2.05. The van der Waals surface area contributed by atoms with Crippen molar-refractivity contribution in [2.45, 2.75) is 10.9 Å². The highest BCUT2D eigenvalue weighted by Gasteiger charge is 2.19. The van der Waals surface area contributed by atoms with E-state index in [9.17, 15) is 0 Å². The molecular formula is C16H18BrNO2S. The molecule has 2 aromatic carbocycles. The minimum atomic E-state index is -0.252. The van der Waals surface area contributed by atoms with Gasteiger partial charge in [0, 0.05) is 10.5 Å². The van der Waals surface area contributed by atoms with Crippen molar-refractivity contribution < 1.29 is 9.47 Å². The second-order valence-corrected chi connectivity index (χ2v) is 6.13. The van der Waals surface area contributed by atoms with Gasteiger partial charge in [0.05, 0.1) is 20.3 Å². The van der Waals surface area contributed by atoms with Crippen LogP contribution in [-0.2, 0) is 0 Å². The van der Waals surface area contributed by atoms with Crippen molar-refractivity contribution in [1.29, 1.82) is 0 Å². The maximum absolute atomic E-state index is 6.40. The van der Waals surface area contributed by atoms with Crippen LogP contribution in [0.4, 0.5) is 0 Å². The maximum atomic E-state index is 6.40. The Bertz CT molecular complexity index is 616. The molecule has 0 aromatic heterocycles. The third-order valence-corrected chi connectivity index (χ3v) is 4.82. The minimum Gasteiger partial charge on any atom is -0.495 e. The molecule has 2 aromatic rings. The van der Waals surface area contributed by atoms with Crippen molar-refractivity contribution in [2.75, 3.05) is 20.5 Å². The smallest absolute Gasteiger partial charge is 0.141 e. The molecule has 0 radical (unpaired) electrons. The summed E-state index contributed by atoms with van der Waals surface area (Å²) >= 11 is 5.22. The number of rotatable bonds is 5. The van der Waals surface area contributed by atoms with Gasteiger partial charge in [-0.2, -0.15) is 0 Å². The van der Waals surface area contributed by atoms with E-state index in [1.165, 1.54) is 4.90 Å². The van der Waals surface area contributed by atoms with Gasteiger partial charge in [0.15, 0.2) is 0 Å². The van der Waals surface area contributed by atoms with E-state index in [1.54, 1.807) is 26.0 Å². The molecule has 112 valence electrons. The summed E-state index contributed by atoms with van der Waals surface area (Å²) in [5.74, 6) is 1.43. The molecule has 2 rings (SSSR count). The Morgan fingerprint density at radius 2 is 1.71 bits per heavy atom. The van der Waals surface area contributed by atoms with E-state index in [0.717, 1.165) is 21.3 Å². The Kier molecular flexibility index (Phi) is 5.56. The van der Waals surface area contributed by atoms with Crippen molar-refractivity contribution in [3.8, 4) is 11.5 Å². The monoisotopic (exact) mass is 367 g/mol. The number of halogens is 1. The topological polar surface area (TPSA) is 44.5 Å². The molecule has 3 nitrogen and oxygen atoms in total. The SMILES string of the molecule is COc1ccc(C(N)c2ccc(SC)cc2)c(OC)c1Br. The zero-order chi connectivity index (χ0) is 15.4. The number of nitrogens with two attached hydrogens (primary N) is 1. The predicted octanol–water partition coefficient (Wildman–Crippen LogP) is 4.24. The first kappa shape index (κ1) is 16.2. The molecule has 0 saturated heterocycles. The van der Waals surface area contributed by atoms with Gasteiger partial charge in [-0.15, -0.1) is 11.8 Å². The summed E-state index contributed by atoms with van der Waals surface area (Å²) in [5.41, 5.74) is 8.36. The summed E-state index contributed by atoms with van der Waals surface area (Å²) in [6, 6.07) is 11.8. The highest BCUT2D eigenvalue weighted by Crippen LogP contribution is 2.40. The molecule has 0 aliphatic rings. The van der Waals surface area contributed by atoms with E-state index in [0.29, 0.717) is 5.75 Å². The van der Waals surface area contributed by atoms with Crippen LogP contribution >= 0.6 is 27.7 Å². The van der Waals surface area contributed by atoms with Gasteiger partial charge >= 0.3 is 0 Å². The molecule has 0 fully saturated rings. The van der Waals surface area contributed by atoms with Crippen LogP contribution in [0.5, 0.6) is 11.5 Å². The Balaban J connectivity index is 2.42. The number of ether oxygens (including phenoxy) is 2. The molecule has 2 N–H and O–H groups in total. The van der Waals surface area contributed by atoms with E-state index in [2.05, 4.69) is 34.3 Å². The first-order chi connectivity index (χ1) is 10.1. The molecule has 1 atom stereocenters. The Hall–Kier alpha value is -1.17. The fourth-order valence-electron chi connectivity index (χ4n) is 2.15.